The van der Waals surface area contributed by atoms with Gasteiger partial charge in [0.05, 0.1) is 63.7 Å². The fourth-order valence-electron chi connectivity index (χ4n) is 8.63. The smallest absolute Gasteiger partial charge is 0.0977 e. The number of fused-ring (bicyclic) bond motifs is 4. The van der Waals surface area contributed by atoms with Crippen molar-refractivity contribution in [2.45, 2.75) is 107 Å². The zero-order valence-electron chi connectivity index (χ0n) is 32.3. The standard InChI is InChI=1S/C46H52N6/c1-9-30-32(11-3)40-26-42-34(13-5)36(15-7)44(50-42)46(52-23-19-29(20-24-52)28-17-21-47-22-18-28)45-37(16-8)35(14-6)43(51-45)27-41-33(12-4)31(10-2)39(49-41)25-38(30)48-40/h17-27,47H,9-16H2,1-8H3/p+1. The van der Waals surface area contributed by atoms with Crippen LogP contribution in [0.25, 0.3) is 0 Å². The molecule has 7 aliphatic rings. The number of nitrogens with two attached hydrogens (primary N) is 1. The van der Waals surface area contributed by atoms with Gasteiger partial charge in [-0.3, -0.25) is 5.32 Å². The van der Waals surface area contributed by atoms with E-state index in [1.54, 1.807) is 0 Å². The fourth-order valence-corrected chi connectivity index (χ4v) is 8.63. The average Bonchev–Trinajstić information content (AvgIpc) is 3.91. The molecule has 0 atom stereocenters. The Morgan fingerprint density at radius 2 is 0.846 bits per heavy atom. The van der Waals surface area contributed by atoms with Crippen LogP contribution in [0.2, 0.25) is 0 Å². The molecule has 7 heterocycles. The zero-order chi connectivity index (χ0) is 36.5. The van der Waals surface area contributed by atoms with Crippen molar-refractivity contribution in [3.63, 3.8) is 0 Å². The van der Waals surface area contributed by atoms with Gasteiger partial charge in [0.2, 0.25) is 0 Å². The molecule has 0 radical (unpaired) electrons. The normalized spacial score (nSPS) is 21.2. The minimum atomic E-state index is 0.876. The van der Waals surface area contributed by atoms with Gasteiger partial charge < -0.3 is 4.90 Å². The van der Waals surface area contributed by atoms with Crippen molar-refractivity contribution in [3.8, 4) is 0 Å². The van der Waals surface area contributed by atoms with Crippen molar-refractivity contribution in [2.75, 3.05) is 0 Å². The first kappa shape index (κ1) is 35.5. The molecule has 266 valence electrons. The van der Waals surface area contributed by atoms with Gasteiger partial charge in [-0.05, 0) is 150 Å². The Labute approximate surface area is 310 Å². The van der Waals surface area contributed by atoms with Crippen LogP contribution in [0.15, 0.2) is 172 Å². The van der Waals surface area contributed by atoms with Crippen molar-refractivity contribution >= 4 is 22.8 Å². The molecule has 8 bridgehead atoms. The Kier molecular flexibility index (Phi) is 10.2. The van der Waals surface area contributed by atoms with Crippen LogP contribution in [0.1, 0.15) is 107 Å². The van der Waals surface area contributed by atoms with E-state index in [2.05, 4.69) is 133 Å². The Balaban J connectivity index is 1.55. The van der Waals surface area contributed by atoms with Gasteiger partial charge >= 0.3 is 0 Å². The summed E-state index contributed by atoms with van der Waals surface area (Å²) >= 11 is 0. The van der Waals surface area contributed by atoms with Crippen LogP contribution in [0.4, 0.5) is 0 Å². The summed E-state index contributed by atoms with van der Waals surface area (Å²) in [6.07, 6.45) is 31.3. The molecule has 0 fully saturated rings. The zero-order valence-corrected chi connectivity index (χ0v) is 32.3. The highest BCUT2D eigenvalue weighted by atomic mass is 15.1. The lowest BCUT2D eigenvalue weighted by molar-refractivity contribution is -0.515. The summed E-state index contributed by atoms with van der Waals surface area (Å²) in [5, 5.41) is 2.07. The van der Waals surface area contributed by atoms with Gasteiger partial charge in [0.25, 0.3) is 0 Å². The topological polar surface area (TPSA) is 69.3 Å². The Morgan fingerprint density at radius 1 is 0.442 bits per heavy atom. The number of hydrogen-bond donors (Lipinski definition) is 1. The van der Waals surface area contributed by atoms with Crippen molar-refractivity contribution in [1.29, 1.82) is 0 Å². The number of quaternary nitrogens is 1. The third-order valence-electron chi connectivity index (χ3n) is 11.1. The maximum Gasteiger partial charge on any atom is 0.0977 e. The number of allylic oxidation sites excluding steroid dienone is 17. The quantitative estimate of drug-likeness (QED) is 0.257. The molecule has 52 heavy (non-hydrogen) atoms. The van der Waals surface area contributed by atoms with Gasteiger partial charge in [0, 0.05) is 12.4 Å². The van der Waals surface area contributed by atoms with Gasteiger partial charge in [-0.25, -0.2) is 20.0 Å². The first-order valence-corrected chi connectivity index (χ1v) is 19.7. The molecule has 6 heteroatoms. The maximum absolute atomic E-state index is 5.59. The van der Waals surface area contributed by atoms with E-state index in [-0.39, 0.29) is 0 Å². The van der Waals surface area contributed by atoms with Crippen LogP contribution in [-0.4, -0.2) is 27.7 Å². The molecule has 0 aliphatic carbocycles. The van der Waals surface area contributed by atoms with Crippen molar-refractivity contribution in [3.05, 3.63) is 152 Å². The summed E-state index contributed by atoms with van der Waals surface area (Å²) in [6, 6.07) is 0. The minimum absolute atomic E-state index is 0.876. The van der Waals surface area contributed by atoms with E-state index in [0.29, 0.717) is 0 Å². The van der Waals surface area contributed by atoms with Gasteiger partial charge in [-0.2, -0.15) is 0 Å². The number of rotatable bonds is 9. The van der Waals surface area contributed by atoms with Crippen molar-refractivity contribution in [1.82, 2.24) is 4.90 Å². The predicted octanol–water partition coefficient (Wildman–Crippen LogP) is 10.4. The molecule has 0 saturated carbocycles. The molecule has 0 amide bonds. The molecule has 7 aliphatic heterocycles. The SMILES string of the molecule is CCC1=C(CC)C2=NC1=CC1=NC(=C(N3C=CC(=C4C=C[NH2+]C=C4)C=C3)C3=NC(=CC4=NC(=C2)C(CC)=C4CC)C(CC)=C3CC)C(CC)=C1CC. The molecule has 0 aromatic rings. The summed E-state index contributed by atoms with van der Waals surface area (Å²) in [6.45, 7) is 18.0. The molecule has 6 nitrogen and oxygen atoms in total. The lowest BCUT2D eigenvalue weighted by atomic mass is 9.92. The molecular formula is C46H53N6+. The van der Waals surface area contributed by atoms with E-state index in [1.807, 2.05) is 0 Å². The summed E-state index contributed by atoms with van der Waals surface area (Å²) in [5.74, 6) is 0. The van der Waals surface area contributed by atoms with Gasteiger partial charge in [-0.15, -0.1) is 0 Å². The summed E-state index contributed by atoms with van der Waals surface area (Å²) in [5.41, 5.74) is 22.1. The lowest BCUT2D eigenvalue weighted by Crippen LogP contribution is -2.71. The highest BCUT2D eigenvalue weighted by Crippen LogP contribution is 2.43. The molecular weight excluding hydrogens is 637 g/mol. The van der Waals surface area contributed by atoms with Crippen LogP contribution >= 0.6 is 0 Å². The minimum Gasteiger partial charge on any atom is -0.320 e. The predicted molar refractivity (Wildman–Crippen MR) is 219 cm³/mol. The van der Waals surface area contributed by atoms with E-state index >= 15 is 0 Å². The van der Waals surface area contributed by atoms with Crippen molar-refractivity contribution < 1.29 is 5.32 Å². The lowest BCUT2D eigenvalue weighted by Gasteiger charge is -2.26. The summed E-state index contributed by atoms with van der Waals surface area (Å²) in [4.78, 5) is 24.2. The monoisotopic (exact) mass is 689 g/mol. The average molecular weight is 690 g/mol. The molecule has 0 spiro atoms. The molecule has 2 N–H and O–H groups in total. The Bertz CT molecular complexity index is 2120. The van der Waals surface area contributed by atoms with Gasteiger partial charge in [-0.1, -0.05) is 55.4 Å². The molecule has 7 rings (SSSR count). The van der Waals surface area contributed by atoms with Gasteiger partial charge in [0.1, 0.15) is 0 Å². The molecule has 0 aromatic heterocycles. The third kappa shape index (κ3) is 5.97. The van der Waals surface area contributed by atoms with E-state index in [9.17, 15) is 0 Å². The second kappa shape index (κ2) is 15.0. The van der Waals surface area contributed by atoms with E-state index in [4.69, 9.17) is 20.0 Å². The number of nitrogens with zero attached hydrogens (tertiary/aromatic N) is 5. The summed E-state index contributed by atoms with van der Waals surface area (Å²) < 4.78 is 0. The Morgan fingerprint density at radius 3 is 1.33 bits per heavy atom. The molecule has 0 saturated heterocycles. The van der Waals surface area contributed by atoms with Crippen LogP contribution in [-0.2, 0) is 0 Å². The maximum atomic E-state index is 5.59. The van der Waals surface area contributed by atoms with Gasteiger partial charge in [0.15, 0.2) is 0 Å². The first-order valence-electron chi connectivity index (χ1n) is 19.7. The van der Waals surface area contributed by atoms with Crippen LogP contribution in [0.3, 0.4) is 0 Å². The van der Waals surface area contributed by atoms with Crippen LogP contribution in [0, 0.1) is 0 Å². The largest absolute Gasteiger partial charge is 0.320 e. The fraction of sp³-hybridized carbons (Fsp3) is 0.348. The third-order valence-corrected chi connectivity index (χ3v) is 11.1. The first-order chi connectivity index (χ1) is 25.4. The van der Waals surface area contributed by atoms with Crippen LogP contribution in [0.5, 0.6) is 0 Å². The van der Waals surface area contributed by atoms with Crippen molar-refractivity contribution in [2.24, 2.45) is 20.0 Å². The highest BCUT2D eigenvalue weighted by molar-refractivity contribution is 6.21. The number of hydrogen-bond acceptors (Lipinski definition) is 5. The highest BCUT2D eigenvalue weighted by Gasteiger charge is 2.34. The molecule has 0 aromatic carbocycles. The summed E-state index contributed by atoms with van der Waals surface area (Å²) in [7, 11) is 0. The van der Waals surface area contributed by atoms with E-state index in [0.717, 1.165) is 103 Å². The van der Waals surface area contributed by atoms with E-state index in [1.165, 1.54) is 55.7 Å². The molecule has 0 unspecified atom stereocenters. The van der Waals surface area contributed by atoms with E-state index < -0.39 is 0 Å². The Hall–Kier alpha value is -4.94. The second-order valence-electron chi connectivity index (χ2n) is 13.8. The second-order valence-corrected chi connectivity index (χ2v) is 13.8. The number of aliphatic imine (C=N–C) groups is 4. The van der Waals surface area contributed by atoms with Crippen LogP contribution < -0.4 is 5.32 Å².